The fraction of sp³-hybridized carbons (Fsp3) is 0.320. The van der Waals surface area contributed by atoms with Gasteiger partial charge in [-0.15, -0.1) is 0 Å². The van der Waals surface area contributed by atoms with Crippen LogP contribution in [0.2, 0.25) is 0 Å². The van der Waals surface area contributed by atoms with E-state index in [1.165, 1.54) is 6.07 Å². The molecule has 1 aromatic carbocycles. The summed E-state index contributed by atoms with van der Waals surface area (Å²) in [4.78, 5) is 16.9. The van der Waals surface area contributed by atoms with Crippen LogP contribution < -0.4 is 25.2 Å². The maximum absolute atomic E-state index is 15.0. The Morgan fingerprint density at radius 3 is 2.60 bits per heavy atom. The van der Waals surface area contributed by atoms with E-state index < -0.39 is 11.6 Å². The molecule has 0 radical (unpaired) electrons. The van der Waals surface area contributed by atoms with Crippen LogP contribution in [-0.2, 0) is 0 Å². The van der Waals surface area contributed by atoms with Gasteiger partial charge >= 0.3 is 0 Å². The number of hydrogen-bond acceptors (Lipinski definition) is 8. The first-order chi connectivity index (χ1) is 16.9. The number of pyridine rings is 1. The van der Waals surface area contributed by atoms with Crippen molar-refractivity contribution in [3.63, 3.8) is 0 Å². The Bertz CT molecular complexity index is 1240. The highest BCUT2D eigenvalue weighted by Gasteiger charge is 2.28. The summed E-state index contributed by atoms with van der Waals surface area (Å²) < 4.78 is 35.3. The number of nitrogens with one attached hydrogen (secondary N) is 2. The van der Waals surface area contributed by atoms with E-state index in [1.807, 2.05) is 30.9 Å². The van der Waals surface area contributed by atoms with Crippen molar-refractivity contribution in [1.29, 1.82) is 0 Å². The molecule has 0 aliphatic carbocycles. The summed E-state index contributed by atoms with van der Waals surface area (Å²) in [6, 6.07) is 6.70. The molecule has 182 valence electrons. The molecule has 2 aliphatic rings. The van der Waals surface area contributed by atoms with Crippen molar-refractivity contribution in [2.45, 2.75) is 19.9 Å². The lowest BCUT2D eigenvalue weighted by Gasteiger charge is -2.36. The number of rotatable bonds is 5. The molecule has 0 spiro atoms. The van der Waals surface area contributed by atoms with E-state index in [0.717, 1.165) is 38.1 Å². The van der Waals surface area contributed by atoms with Crippen molar-refractivity contribution in [3.8, 4) is 17.0 Å². The van der Waals surface area contributed by atoms with Crippen molar-refractivity contribution in [2.24, 2.45) is 0 Å². The average Bonchev–Trinajstić information content (AvgIpc) is 2.85. The van der Waals surface area contributed by atoms with E-state index >= 15 is 0 Å². The number of ether oxygens (including phenoxy) is 1. The molecule has 0 atom stereocenters. The summed E-state index contributed by atoms with van der Waals surface area (Å²) in [5.41, 5.74) is 2.46. The molecule has 2 aromatic heterocycles. The SMILES string of the molecule is C=C1COc2c(F)cc(-c3nc(Nc4ccc(N5CCNCC5)cn4)ncc3F)cc2N1C(C)C. The van der Waals surface area contributed by atoms with E-state index in [-0.39, 0.29) is 35.6 Å². The lowest BCUT2D eigenvalue weighted by Crippen LogP contribution is -2.43. The van der Waals surface area contributed by atoms with Crippen LogP contribution in [0.25, 0.3) is 11.3 Å². The van der Waals surface area contributed by atoms with Crippen LogP contribution in [0.3, 0.4) is 0 Å². The minimum atomic E-state index is -0.663. The Morgan fingerprint density at radius 2 is 1.89 bits per heavy atom. The highest BCUT2D eigenvalue weighted by molar-refractivity contribution is 5.74. The molecule has 1 fully saturated rings. The van der Waals surface area contributed by atoms with Crippen LogP contribution in [0.1, 0.15) is 13.8 Å². The fourth-order valence-electron chi connectivity index (χ4n) is 4.39. The van der Waals surface area contributed by atoms with Crippen molar-refractivity contribution >= 4 is 23.1 Å². The second-order valence-electron chi connectivity index (χ2n) is 8.78. The number of benzene rings is 1. The van der Waals surface area contributed by atoms with Crippen LogP contribution >= 0.6 is 0 Å². The highest BCUT2D eigenvalue weighted by Crippen LogP contribution is 2.41. The maximum atomic E-state index is 15.0. The molecule has 0 bridgehead atoms. The zero-order valence-electron chi connectivity index (χ0n) is 19.7. The Kier molecular flexibility index (Phi) is 6.21. The lowest BCUT2D eigenvalue weighted by atomic mass is 10.1. The van der Waals surface area contributed by atoms with E-state index in [4.69, 9.17) is 4.74 Å². The van der Waals surface area contributed by atoms with Gasteiger partial charge in [0.25, 0.3) is 0 Å². The number of hydrogen-bond donors (Lipinski definition) is 2. The zero-order valence-corrected chi connectivity index (χ0v) is 19.7. The van der Waals surface area contributed by atoms with Gasteiger partial charge in [-0.2, -0.15) is 0 Å². The number of piperazine rings is 1. The van der Waals surface area contributed by atoms with Crippen molar-refractivity contribution in [2.75, 3.05) is 47.9 Å². The monoisotopic (exact) mass is 479 g/mol. The molecule has 4 heterocycles. The van der Waals surface area contributed by atoms with Crippen LogP contribution in [0.4, 0.5) is 31.9 Å². The van der Waals surface area contributed by atoms with Crippen LogP contribution in [-0.4, -0.2) is 53.8 Å². The average molecular weight is 480 g/mol. The molecule has 1 saturated heterocycles. The van der Waals surface area contributed by atoms with Gasteiger partial charge in [-0.05, 0) is 38.1 Å². The van der Waals surface area contributed by atoms with E-state index in [2.05, 4.69) is 37.1 Å². The van der Waals surface area contributed by atoms with Gasteiger partial charge in [-0.1, -0.05) is 6.58 Å². The van der Waals surface area contributed by atoms with Gasteiger partial charge in [0.15, 0.2) is 17.4 Å². The summed E-state index contributed by atoms with van der Waals surface area (Å²) in [6.07, 6.45) is 2.84. The molecular formula is C25H27F2N7O. The lowest BCUT2D eigenvalue weighted by molar-refractivity contribution is 0.314. The molecule has 3 aromatic rings. The van der Waals surface area contributed by atoms with E-state index in [0.29, 0.717) is 17.2 Å². The third-order valence-electron chi connectivity index (χ3n) is 6.01. The second-order valence-corrected chi connectivity index (χ2v) is 8.78. The summed E-state index contributed by atoms with van der Waals surface area (Å²) in [6.45, 7) is 11.9. The molecular weight excluding hydrogens is 452 g/mol. The second kappa shape index (κ2) is 9.46. The number of anilines is 4. The topological polar surface area (TPSA) is 78.4 Å². The predicted molar refractivity (Wildman–Crippen MR) is 132 cm³/mol. The molecule has 35 heavy (non-hydrogen) atoms. The molecule has 2 N–H and O–H groups in total. The summed E-state index contributed by atoms with van der Waals surface area (Å²) >= 11 is 0. The predicted octanol–water partition coefficient (Wildman–Crippen LogP) is 4.09. The van der Waals surface area contributed by atoms with Gasteiger partial charge < -0.3 is 25.2 Å². The van der Waals surface area contributed by atoms with Crippen molar-refractivity contribution < 1.29 is 13.5 Å². The largest absolute Gasteiger partial charge is 0.482 e. The summed E-state index contributed by atoms with van der Waals surface area (Å²) in [5, 5.41) is 6.33. The Balaban J connectivity index is 1.43. The minimum absolute atomic E-state index is 0.0162. The summed E-state index contributed by atoms with van der Waals surface area (Å²) in [5.74, 6) is -0.453. The fourth-order valence-corrected chi connectivity index (χ4v) is 4.39. The molecule has 2 aliphatic heterocycles. The summed E-state index contributed by atoms with van der Waals surface area (Å²) in [7, 11) is 0. The molecule has 10 heteroatoms. The number of fused-ring (bicyclic) bond motifs is 1. The Labute approximate surface area is 202 Å². The van der Waals surface area contributed by atoms with Gasteiger partial charge in [-0.25, -0.2) is 23.7 Å². The molecule has 0 saturated carbocycles. The van der Waals surface area contributed by atoms with Crippen molar-refractivity contribution in [1.82, 2.24) is 20.3 Å². The zero-order chi connectivity index (χ0) is 24.5. The van der Waals surface area contributed by atoms with Crippen LogP contribution in [0.5, 0.6) is 5.75 Å². The number of halogens is 2. The van der Waals surface area contributed by atoms with Crippen molar-refractivity contribution in [3.05, 3.63) is 60.6 Å². The van der Waals surface area contributed by atoms with Gasteiger partial charge in [0.1, 0.15) is 18.1 Å². The molecule has 0 unspecified atom stereocenters. The number of aromatic nitrogens is 3. The first-order valence-electron chi connectivity index (χ1n) is 11.6. The Hall–Kier alpha value is -3.79. The third-order valence-corrected chi connectivity index (χ3v) is 6.01. The quantitative estimate of drug-likeness (QED) is 0.567. The molecule has 0 amide bonds. The van der Waals surface area contributed by atoms with Gasteiger partial charge in [0.2, 0.25) is 5.95 Å². The van der Waals surface area contributed by atoms with E-state index in [9.17, 15) is 8.78 Å². The minimum Gasteiger partial charge on any atom is -0.482 e. The van der Waals surface area contributed by atoms with Crippen LogP contribution in [0, 0.1) is 11.6 Å². The normalized spacial score (nSPS) is 15.7. The molecule has 8 nitrogen and oxygen atoms in total. The smallest absolute Gasteiger partial charge is 0.229 e. The van der Waals surface area contributed by atoms with Crippen LogP contribution in [0.15, 0.2) is 48.9 Å². The maximum Gasteiger partial charge on any atom is 0.229 e. The number of nitrogens with zero attached hydrogens (tertiary/aromatic N) is 5. The third kappa shape index (κ3) is 4.61. The van der Waals surface area contributed by atoms with Gasteiger partial charge in [-0.3, -0.25) is 0 Å². The first-order valence-corrected chi connectivity index (χ1v) is 11.6. The van der Waals surface area contributed by atoms with E-state index in [1.54, 1.807) is 12.3 Å². The Morgan fingerprint density at radius 1 is 1.09 bits per heavy atom. The molecule has 5 rings (SSSR count). The van der Waals surface area contributed by atoms with Gasteiger partial charge in [0, 0.05) is 43.5 Å². The first kappa shape index (κ1) is 23.0. The standard InChI is InChI=1S/C25H27F2N7O/c1-15(2)34-16(3)14-35-24-19(26)10-17(11-21(24)34)23-20(27)13-30-25(32-23)31-22-5-4-18(12-29-22)33-8-6-28-7-9-33/h4-5,10-13,15,28H,3,6-9,14H2,1-2H3,(H,29,30,31,32). The van der Waals surface area contributed by atoms with Gasteiger partial charge in [0.05, 0.1) is 23.8 Å². The highest BCUT2D eigenvalue weighted by atomic mass is 19.1.